The number of carboxylic acid groups (broad SMARTS) is 1. The number of nitrogens with two attached hydrogens (primary N) is 1. The van der Waals surface area contributed by atoms with Crippen LogP contribution in [0.4, 0.5) is 11.4 Å². The molecule has 0 bridgehead atoms. The molecule has 0 radical (unpaired) electrons. The van der Waals surface area contributed by atoms with Crippen molar-refractivity contribution in [2.75, 3.05) is 17.0 Å². The highest BCUT2D eigenvalue weighted by Gasteiger charge is 2.10. The van der Waals surface area contributed by atoms with Crippen LogP contribution in [0.25, 0.3) is 0 Å². The van der Waals surface area contributed by atoms with E-state index in [9.17, 15) is 9.00 Å². The van der Waals surface area contributed by atoms with Gasteiger partial charge in [-0.1, -0.05) is 6.92 Å². The van der Waals surface area contributed by atoms with Crippen LogP contribution in [0.1, 0.15) is 17.3 Å². The minimum absolute atomic E-state index is 0.00213. The van der Waals surface area contributed by atoms with E-state index in [0.717, 1.165) is 0 Å². The molecule has 0 saturated carbocycles. The van der Waals surface area contributed by atoms with Crippen LogP contribution in [-0.2, 0) is 15.4 Å². The van der Waals surface area contributed by atoms with E-state index >= 15 is 0 Å². The van der Waals surface area contributed by atoms with Gasteiger partial charge in [-0.2, -0.15) is 4.28 Å². The second-order valence-electron chi connectivity index (χ2n) is 2.89. The SMILES string of the molecule is CCS(=O)ONc1cc(N)ccc1C(=O)O. The van der Waals surface area contributed by atoms with Crippen LogP contribution in [0.3, 0.4) is 0 Å². The fourth-order valence-electron chi connectivity index (χ4n) is 0.983. The van der Waals surface area contributed by atoms with Crippen LogP contribution < -0.4 is 11.2 Å². The first kappa shape index (κ1) is 12.5. The fraction of sp³-hybridized carbons (Fsp3) is 0.222. The molecule has 0 aliphatic heterocycles. The van der Waals surface area contributed by atoms with Gasteiger partial charge in [0.2, 0.25) is 0 Å². The summed E-state index contributed by atoms with van der Waals surface area (Å²) >= 11 is -1.50. The van der Waals surface area contributed by atoms with E-state index in [0.29, 0.717) is 11.4 Å². The summed E-state index contributed by atoms with van der Waals surface area (Å²) in [6.45, 7) is 1.68. The maximum absolute atomic E-state index is 11.0. The van der Waals surface area contributed by atoms with Gasteiger partial charge in [0.05, 0.1) is 11.3 Å². The molecular weight excluding hydrogens is 232 g/mol. The van der Waals surface area contributed by atoms with Crippen molar-refractivity contribution in [2.24, 2.45) is 0 Å². The van der Waals surface area contributed by atoms with E-state index in [1.165, 1.54) is 18.2 Å². The quantitative estimate of drug-likeness (QED) is 0.527. The second kappa shape index (κ2) is 5.47. The molecule has 6 nitrogen and oxygen atoms in total. The second-order valence-corrected chi connectivity index (χ2v) is 4.24. The molecule has 1 atom stereocenters. The lowest BCUT2D eigenvalue weighted by atomic mass is 10.1. The third kappa shape index (κ3) is 3.21. The Bertz CT molecular complexity index is 422. The molecular formula is C9H12N2O4S. The lowest BCUT2D eigenvalue weighted by Gasteiger charge is -2.08. The summed E-state index contributed by atoms with van der Waals surface area (Å²) in [5, 5.41) is 8.87. The van der Waals surface area contributed by atoms with Gasteiger partial charge in [0.15, 0.2) is 11.1 Å². The van der Waals surface area contributed by atoms with E-state index in [2.05, 4.69) is 5.48 Å². The normalized spacial score (nSPS) is 12.1. The van der Waals surface area contributed by atoms with E-state index in [1.54, 1.807) is 6.92 Å². The zero-order valence-electron chi connectivity index (χ0n) is 8.60. The molecule has 0 aliphatic rings. The molecule has 0 fully saturated rings. The third-order valence-electron chi connectivity index (χ3n) is 1.75. The minimum Gasteiger partial charge on any atom is -0.478 e. The monoisotopic (exact) mass is 244 g/mol. The molecule has 0 amide bonds. The Morgan fingerprint density at radius 3 is 2.88 bits per heavy atom. The lowest BCUT2D eigenvalue weighted by molar-refractivity contribution is 0.0697. The molecule has 0 spiro atoms. The van der Waals surface area contributed by atoms with E-state index < -0.39 is 17.0 Å². The number of nitrogen functional groups attached to an aromatic ring is 1. The summed E-state index contributed by atoms with van der Waals surface area (Å²) < 4.78 is 15.7. The highest BCUT2D eigenvalue weighted by Crippen LogP contribution is 2.19. The first-order valence-electron chi connectivity index (χ1n) is 4.49. The van der Waals surface area contributed by atoms with Crippen molar-refractivity contribution in [1.29, 1.82) is 0 Å². The van der Waals surface area contributed by atoms with Gasteiger partial charge in [-0.05, 0) is 18.2 Å². The van der Waals surface area contributed by atoms with Crippen molar-refractivity contribution in [3.63, 3.8) is 0 Å². The predicted octanol–water partition coefficient (Wildman–Crippen LogP) is 0.994. The van der Waals surface area contributed by atoms with Crippen molar-refractivity contribution in [1.82, 2.24) is 0 Å². The highest BCUT2D eigenvalue weighted by molar-refractivity contribution is 7.80. The molecule has 1 unspecified atom stereocenters. The summed E-state index contributed by atoms with van der Waals surface area (Å²) in [4.78, 5) is 10.8. The Hall–Kier alpha value is -1.60. The summed E-state index contributed by atoms with van der Waals surface area (Å²) in [7, 11) is 0. The predicted molar refractivity (Wildman–Crippen MR) is 61.2 cm³/mol. The summed E-state index contributed by atoms with van der Waals surface area (Å²) in [5.74, 6) is -0.814. The number of aromatic carboxylic acids is 1. The van der Waals surface area contributed by atoms with E-state index in [1.807, 2.05) is 0 Å². The van der Waals surface area contributed by atoms with Gasteiger partial charge in [0, 0.05) is 11.4 Å². The Labute approximate surface area is 95.0 Å². The van der Waals surface area contributed by atoms with E-state index in [-0.39, 0.29) is 11.3 Å². The minimum atomic E-state index is -1.50. The third-order valence-corrected chi connectivity index (χ3v) is 2.49. The van der Waals surface area contributed by atoms with Gasteiger partial charge in [-0.3, -0.25) is 5.48 Å². The van der Waals surface area contributed by atoms with Crippen molar-refractivity contribution in [3.05, 3.63) is 23.8 Å². The molecule has 1 aromatic carbocycles. The smallest absolute Gasteiger partial charge is 0.337 e. The average Bonchev–Trinajstić information content (AvgIpc) is 2.25. The molecule has 4 N–H and O–H groups in total. The fourth-order valence-corrected chi connectivity index (χ4v) is 1.28. The molecule has 16 heavy (non-hydrogen) atoms. The number of carboxylic acids is 1. The number of hydrogen-bond donors (Lipinski definition) is 3. The summed E-state index contributed by atoms with van der Waals surface area (Å²) in [6.07, 6.45) is 0. The largest absolute Gasteiger partial charge is 0.478 e. The maximum Gasteiger partial charge on any atom is 0.337 e. The van der Waals surface area contributed by atoms with Crippen LogP contribution in [0.5, 0.6) is 0 Å². The van der Waals surface area contributed by atoms with Gasteiger partial charge >= 0.3 is 5.97 Å². The summed E-state index contributed by atoms with van der Waals surface area (Å²) in [5.41, 5.74) is 8.39. The lowest BCUT2D eigenvalue weighted by Crippen LogP contribution is -2.10. The first-order chi connectivity index (χ1) is 7.54. The van der Waals surface area contributed by atoms with Crippen molar-refractivity contribution in [3.8, 4) is 0 Å². The van der Waals surface area contributed by atoms with Crippen molar-refractivity contribution >= 4 is 28.4 Å². The number of carbonyl (C=O) groups is 1. The van der Waals surface area contributed by atoms with E-state index in [4.69, 9.17) is 15.1 Å². The Morgan fingerprint density at radius 1 is 1.62 bits per heavy atom. The standard InChI is InChI=1S/C9H12N2O4S/c1-2-16(14)15-11-8-5-6(10)3-4-7(8)9(12)13/h3-5,11H,2,10H2,1H3,(H,12,13). The zero-order chi connectivity index (χ0) is 12.1. The number of anilines is 2. The zero-order valence-corrected chi connectivity index (χ0v) is 9.41. The van der Waals surface area contributed by atoms with Gasteiger partial charge in [0.1, 0.15) is 0 Å². The molecule has 0 aliphatic carbocycles. The molecule has 1 rings (SSSR count). The van der Waals surface area contributed by atoms with Gasteiger partial charge in [-0.25, -0.2) is 9.00 Å². The van der Waals surface area contributed by atoms with Crippen molar-refractivity contribution < 1.29 is 18.4 Å². The number of hydrogen-bond acceptors (Lipinski definition) is 5. The van der Waals surface area contributed by atoms with Crippen LogP contribution >= 0.6 is 0 Å². The molecule has 7 heteroatoms. The molecule has 0 saturated heterocycles. The van der Waals surface area contributed by atoms with Gasteiger partial charge < -0.3 is 10.8 Å². The molecule has 0 aromatic heterocycles. The number of nitrogens with one attached hydrogen (secondary N) is 1. The van der Waals surface area contributed by atoms with Crippen molar-refractivity contribution in [2.45, 2.75) is 6.92 Å². The Balaban J connectivity index is 2.88. The Morgan fingerprint density at radius 2 is 2.31 bits per heavy atom. The maximum atomic E-state index is 11.0. The highest BCUT2D eigenvalue weighted by atomic mass is 32.2. The first-order valence-corrected chi connectivity index (χ1v) is 5.73. The van der Waals surface area contributed by atoms with Gasteiger partial charge in [-0.15, -0.1) is 0 Å². The van der Waals surface area contributed by atoms with Gasteiger partial charge in [0.25, 0.3) is 0 Å². The average molecular weight is 244 g/mol. The van der Waals surface area contributed by atoms with Crippen LogP contribution in [0.2, 0.25) is 0 Å². The molecule has 88 valence electrons. The molecule has 0 heterocycles. The summed E-state index contributed by atoms with van der Waals surface area (Å²) in [6, 6.07) is 4.21. The number of rotatable bonds is 5. The Kier molecular flexibility index (Phi) is 4.27. The van der Waals surface area contributed by atoms with Crippen LogP contribution in [0, 0.1) is 0 Å². The topological polar surface area (TPSA) is 102 Å². The van der Waals surface area contributed by atoms with Crippen LogP contribution in [0.15, 0.2) is 18.2 Å². The van der Waals surface area contributed by atoms with Crippen LogP contribution in [-0.4, -0.2) is 21.0 Å². The number of benzene rings is 1. The molecule has 1 aromatic rings.